The number of amides is 1. The summed E-state index contributed by atoms with van der Waals surface area (Å²) in [6.45, 7) is 5.59. The average Bonchev–Trinajstić information content (AvgIpc) is 2.58. The number of ether oxygens (including phenoxy) is 1. The van der Waals surface area contributed by atoms with Gasteiger partial charge in [0.1, 0.15) is 17.4 Å². The maximum atomic E-state index is 13.0. The highest BCUT2D eigenvalue weighted by atomic mass is 16.6. The zero-order chi connectivity index (χ0) is 18.9. The number of pyridine rings is 1. The molecule has 2 aliphatic heterocycles. The van der Waals surface area contributed by atoms with Crippen LogP contribution in [-0.4, -0.2) is 39.4 Å². The van der Waals surface area contributed by atoms with Crippen LogP contribution < -0.4 is 0 Å². The van der Waals surface area contributed by atoms with Crippen LogP contribution in [0.2, 0.25) is 0 Å². The first-order chi connectivity index (χ1) is 12.3. The van der Waals surface area contributed by atoms with Gasteiger partial charge in [0, 0.05) is 24.2 Å². The van der Waals surface area contributed by atoms with Crippen molar-refractivity contribution in [2.75, 3.05) is 0 Å². The summed E-state index contributed by atoms with van der Waals surface area (Å²) in [5.74, 6) is -0.283. The van der Waals surface area contributed by atoms with Gasteiger partial charge in [0.15, 0.2) is 5.78 Å². The summed E-state index contributed by atoms with van der Waals surface area (Å²) in [5, 5.41) is 9.24. The number of nitrogens with zero attached hydrogens (tertiary/aromatic N) is 3. The molecular formula is C20H25N3O3. The number of ketones is 1. The van der Waals surface area contributed by atoms with Gasteiger partial charge in [-0.25, -0.2) is 4.79 Å². The van der Waals surface area contributed by atoms with E-state index in [-0.39, 0.29) is 35.6 Å². The van der Waals surface area contributed by atoms with E-state index >= 15 is 0 Å². The number of hydrogen-bond donors (Lipinski definition) is 0. The summed E-state index contributed by atoms with van der Waals surface area (Å²) in [6.07, 6.45) is 5.30. The van der Waals surface area contributed by atoms with Crippen molar-refractivity contribution in [1.29, 1.82) is 5.26 Å². The zero-order valence-electron chi connectivity index (χ0n) is 15.6. The van der Waals surface area contributed by atoms with Gasteiger partial charge in [-0.1, -0.05) is 0 Å². The number of fused-ring (bicyclic) bond motifs is 2. The molecule has 0 radical (unpaired) electrons. The zero-order valence-corrected chi connectivity index (χ0v) is 15.6. The van der Waals surface area contributed by atoms with E-state index in [1.807, 2.05) is 25.7 Å². The monoisotopic (exact) mass is 355 g/mol. The number of rotatable bonds is 2. The molecule has 1 amide bonds. The van der Waals surface area contributed by atoms with Gasteiger partial charge in [-0.05, 0) is 65.0 Å². The van der Waals surface area contributed by atoms with E-state index in [2.05, 4.69) is 11.1 Å². The van der Waals surface area contributed by atoms with Crippen LogP contribution in [-0.2, 0) is 4.74 Å². The van der Waals surface area contributed by atoms with Crippen molar-refractivity contribution in [3.05, 3.63) is 29.6 Å². The van der Waals surface area contributed by atoms with E-state index in [1.54, 1.807) is 18.3 Å². The van der Waals surface area contributed by atoms with Crippen molar-refractivity contribution in [3.8, 4) is 6.07 Å². The maximum absolute atomic E-state index is 13.0. The summed E-state index contributed by atoms with van der Waals surface area (Å²) in [5.41, 5.74) is 0.0364. The average molecular weight is 355 g/mol. The van der Waals surface area contributed by atoms with Crippen LogP contribution in [0.4, 0.5) is 4.79 Å². The third-order valence-electron chi connectivity index (χ3n) is 5.11. The van der Waals surface area contributed by atoms with Crippen molar-refractivity contribution >= 4 is 11.9 Å². The van der Waals surface area contributed by atoms with Gasteiger partial charge in [-0.2, -0.15) is 5.26 Å². The Balaban J connectivity index is 1.78. The first-order valence-electron chi connectivity index (χ1n) is 9.21. The van der Waals surface area contributed by atoms with E-state index in [0.717, 1.165) is 19.3 Å². The van der Waals surface area contributed by atoms with E-state index in [4.69, 9.17) is 4.74 Å². The molecular weight excluding hydrogens is 330 g/mol. The first kappa shape index (κ1) is 18.4. The standard InChI is InChI=1S/C20H25N3O3/c1-20(2,3)26-19(25)23-15-7-4-8-16(23)11-14(10-15)18(24)17-13(12-21)6-5-9-22-17/h5-6,9,14-16H,4,7-8,10-11H2,1-3H3. The van der Waals surface area contributed by atoms with Crippen molar-refractivity contribution in [3.63, 3.8) is 0 Å². The second kappa shape index (κ2) is 7.06. The molecule has 0 aromatic carbocycles. The van der Waals surface area contributed by atoms with Gasteiger partial charge in [0.05, 0.1) is 5.56 Å². The Morgan fingerprint density at radius 2 is 1.92 bits per heavy atom. The highest BCUT2D eigenvalue weighted by Gasteiger charge is 2.44. The number of hydrogen-bond acceptors (Lipinski definition) is 5. The van der Waals surface area contributed by atoms with Gasteiger partial charge in [-0.3, -0.25) is 9.78 Å². The van der Waals surface area contributed by atoms with Crippen molar-refractivity contribution in [1.82, 2.24) is 9.88 Å². The predicted octanol–water partition coefficient (Wildman–Crippen LogP) is 3.70. The Morgan fingerprint density at radius 3 is 2.50 bits per heavy atom. The van der Waals surface area contributed by atoms with Crippen LogP contribution in [0, 0.1) is 17.2 Å². The Labute approximate surface area is 154 Å². The molecule has 0 saturated carbocycles. The molecule has 2 atom stereocenters. The molecule has 0 N–H and O–H groups in total. The van der Waals surface area contributed by atoms with Crippen LogP contribution in [0.3, 0.4) is 0 Å². The lowest BCUT2D eigenvalue weighted by atomic mass is 9.76. The topological polar surface area (TPSA) is 83.3 Å². The lowest BCUT2D eigenvalue weighted by Gasteiger charge is -2.48. The van der Waals surface area contributed by atoms with Crippen molar-refractivity contribution in [2.45, 2.75) is 70.6 Å². The van der Waals surface area contributed by atoms with Gasteiger partial charge in [-0.15, -0.1) is 0 Å². The number of nitriles is 1. The molecule has 138 valence electrons. The summed E-state index contributed by atoms with van der Waals surface area (Å²) in [4.78, 5) is 31.6. The molecule has 6 heteroatoms. The molecule has 0 spiro atoms. The number of carbonyl (C=O) groups excluding carboxylic acids is 2. The van der Waals surface area contributed by atoms with E-state index in [0.29, 0.717) is 18.4 Å². The SMILES string of the molecule is CC(C)(C)OC(=O)N1C2CCCC1CC(C(=O)c1ncccc1C#N)C2. The van der Waals surface area contributed by atoms with Crippen LogP contribution in [0.5, 0.6) is 0 Å². The maximum Gasteiger partial charge on any atom is 0.410 e. The molecule has 2 fully saturated rings. The molecule has 2 unspecified atom stereocenters. The second-order valence-corrected chi connectivity index (χ2v) is 8.17. The first-order valence-corrected chi connectivity index (χ1v) is 9.21. The molecule has 26 heavy (non-hydrogen) atoms. The molecule has 6 nitrogen and oxygen atoms in total. The highest BCUT2D eigenvalue weighted by Crippen LogP contribution is 2.39. The molecule has 3 rings (SSSR count). The van der Waals surface area contributed by atoms with Gasteiger partial charge >= 0.3 is 6.09 Å². The number of carbonyl (C=O) groups is 2. The molecule has 1 aromatic heterocycles. The number of Topliss-reactive ketones (excluding diaryl/α,β-unsaturated/α-hetero) is 1. The lowest BCUT2D eigenvalue weighted by molar-refractivity contribution is -0.0261. The lowest BCUT2D eigenvalue weighted by Crippen LogP contribution is -2.56. The smallest absolute Gasteiger partial charge is 0.410 e. The minimum absolute atomic E-state index is 0.0144. The quantitative estimate of drug-likeness (QED) is 0.755. The third kappa shape index (κ3) is 3.72. The Morgan fingerprint density at radius 1 is 1.27 bits per heavy atom. The normalized spacial score (nSPS) is 25.3. The summed E-state index contributed by atoms with van der Waals surface area (Å²) < 4.78 is 5.58. The number of piperidine rings is 2. The van der Waals surface area contributed by atoms with E-state index in [1.165, 1.54) is 0 Å². The molecule has 2 saturated heterocycles. The summed E-state index contributed by atoms with van der Waals surface area (Å²) >= 11 is 0. The summed E-state index contributed by atoms with van der Waals surface area (Å²) in [7, 11) is 0. The van der Waals surface area contributed by atoms with Crippen molar-refractivity contribution in [2.24, 2.45) is 5.92 Å². The minimum Gasteiger partial charge on any atom is -0.444 e. The van der Waals surface area contributed by atoms with Crippen LogP contribution in [0.1, 0.15) is 68.9 Å². The Hall–Kier alpha value is -2.42. The van der Waals surface area contributed by atoms with E-state index < -0.39 is 5.60 Å². The van der Waals surface area contributed by atoms with Crippen LogP contribution in [0.15, 0.2) is 18.3 Å². The fourth-order valence-corrected chi connectivity index (χ4v) is 4.09. The second-order valence-electron chi connectivity index (χ2n) is 8.17. The molecule has 1 aromatic rings. The van der Waals surface area contributed by atoms with Gasteiger partial charge in [0.2, 0.25) is 0 Å². The fourth-order valence-electron chi connectivity index (χ4n) is 4.09. The number of aromatic nitrogens is 1. The highest BCUT2D eigenvalue weighted by molar-refractivity contribution is 5.98. The Bertz CT molecular complexity index is 733. The van der Waals surface area contributed by atoms with Crippen LogP contribution in [0.25, 0.3) is 0 Å². The van der Waals surface area contributed by atoms with Gasteiger partial charge < -0.3 is 9.64 Å². The molecule has 2 bridgehead atoms. The third-order valence-corrected chi connectivity index (χ3v) is 5.11. The van der Waals surface area contributed by atoms with Gasteiger partial charge in [0.25, 0.3) is 0 Å². The molecule has 2 aliphatic rings. The molecule has 3 heterocycles. The predicted molar refractivity (Wildman–Crippen MR) is 95.5 cm³/mol. The van der Waals surface area contributed by atoms with Crippen molar-refractivity contribution < 1.29 is 14.3 Å². The minimum atomic E-state index is -0.534. The Kier molecular flexibility index (Phi) is 4.99. The fraction of sp³-hybridized carbons (Fsp3) is 0.600. The summed E-state index contributed by atoms with van der Waals surface area (Å²) in [6, 6.07) is 5.36. The molecule has 0 aliphatic carbocycles. The largest absolute Gasteiger partial charge is 0.444 e. The van der Waals surface area contributed by atoms with Crippen LogP contribution >= 0.6 is 0 Å². The van der Waals surface area contributed by atoms with E-state index in [9.17, 15) is 14.9 Å².